The minimum Gasteiger partial charge on any atom is -0.495 e. The van der Waals surface area contributed by atoms with E-state index in [4.69, 9.17) is 10.5 Å². The third kappa shape index (κ3) is 3.08. The number of rotatable bonds is 4. The molecule has 0 heterocycles. The van der Waals surface area contributed by atoms with Gasteiger partial charge in [-0.3, -0.25) is 10.1 Å². The SMILES string of the molecule is COc1cc(/N=N/c2ccc([N+](=O)[O-])cc2)ccc1N. The summed E-state index contributed by atoms with van der Waals surface area (Å²) in [5.74, 6) is 0.519. The number of nitrogens with two attached hydrogens (primary N) is 1. The molecule has 0 radical (unpaired) electrons. The molecule has 0 aliphatic carbocycles. The number of anilines is 1. The van der Waals surface area contributed by atoms with Gasteiger partial charge >= 0.3 is 0 Å². The Morgan fingerprint density at radius 2 is 1.70 bits per heavy atom. The van der Waals surface area contributed by atoms with E-state index < -0.39 is 4.92 Å². The van der Waals surface area contributed by atoms with Gasteiger partial charge in [0.2, 0.25) is 0 Å². The summed E-state index contributed by atoms with van der Waals surface area (Å²) in [7, 11) is 1.52. The van der Waals surface area contributed by atoms with Crippen molar-refractivity contribution in [2.75, 3.05) is 12.8 Å². The van der Waals surface area contributed by atoms with Gasteiger partial charge in [-0.1, -0.05) is 0 Å². The van der Waals surface area contributed by atoms with Crippen molar-refractivity contribution in [1.29, 1.82) is 0 Å². The fraction of sp³-hybridized carbons (Fsp3) is 0.0769. The lowest BCUT2D eigenvalue weighted by Crippen LogP contribution is -1.90. The topological polar surface area (TPSA) is 103 Å². The number of azo groups is 1. The van der Waals surface area contributed by atoms with E-state index in [0.29, 0.717) is 22.8 Å². The summed E-state index contributed by atoms with van der Waals surface area (Å²) in [6, 6.07) is 10.8. The predicted molar refractivity (Wildman–Crippen MR) is 74.7 cm³/mol. The standard InChI is InChI=1S/C13H12N4O3/c1-20-13-8-10(4-7-12(13)14)16-15-9-2-5-11(6-3-9)17(18)19/h2-8H,14H2,1H3/b16-15+. The molecular formula is C13H12N4O3. The Balaban J connectivity index is 2.18. The van der Waals surface area contributed by atoms with Crippen molar-refractivity contribution in [2.24, 2.45) is 10.2 Å². The molecule has 2 aromatic carbocycles. The van der Waals surface area contributed by atoms with Crippen LogP contribution in [0.2, 0.25) is 0 Å². The highest BCUT2D eigenvalue weighted by Crippen LogP contribution is 2.28. The van der Waals surface area contributed by atoms with Crippen LogP contribution in [-0.2, 0) is 0 Å². The van der Waals surface area contributed by atoms with E-state index in [0.717, 1.165) is 0 Å². The minimum atomic E-state index is -0.467. The van der Waals surface area contributed by atoms with Crippen LogP contribution < -0.4 is 10.5 Å². The molecule has 0 aromatic heterocycles. The molecule has 2 rings (SSSR count). The number of ether oxygens (including phenoxy) is 1. The second kappa shape index (κ2) is 5.79. The van der Waals surface area contributed by atoms with Gasteiger partial charge in [0.05, 0.1) is 29.1 Å². The molecule has 0 atom stereocenters. The molecule has 7 heteroatoms. The molecular weight excluding hydrogens is 260 g/mol. The molecule has 0 bridgehead atoms. The van der Waals surface area contributed by atoms with Crippen molar-refractivity contribution in [3.63, 3.8) is 0 Å². The molecule has 2 aromatic rings. The van der Waals surface area contributed by atoms with E-state index in [2.05, 4.69) is 10.2 Å². The van der Waals surface area contributed by atoms with Gasteiger partial charge in [-0.25, -0.2) is 0 Å². The zero-order valence-corrected chi connectivity index (χ0v) is 10.7. The molecule has 0 unspecified atom stereocenters. The lowest BCUT2D eigenvalue weighted by atomic mass is 10.2. The van der Waals surface area contributed by atoms with Crippen LogP contribution in [0, 0.1) is 10.1 Å². The summed E-state index contributed by atoms with van der Waals surface area (Å²) < 4.78 is 5.08. The van der Waals surface area contributed by atoms with Crippen LogP contribution in [-0.4, -0.2) is 12.0 Å². The zero-order chi connectivity index (χ0) is 14.5. The van der Waals surface area contributed by atoms with Crippen LogP contribution in [0.1, 0.15) is 0 Å². The summed E-state index contributed by atoms with van der Waals surface area (Å²) >= 11 is 0. The summed E-state index contributed by atoms with van der Waals surface area (Å²) in [5.41, 5.74) is 7.32. The van der Waals surface area contributed by atoms with Gasteiger partial charge in [0.15, 0.2) is 0 Å². The molecule has 0 aliphatic heterocycles. The van der Waals surface area contributed by atoms with Crippen molar-refractivity contribution in [2.45, 2.75) is 0 Å². The van der Waals surface area contributed by atoms with E-state index in [-0.39, 0.29) is 5.69 Å². The van der Waals surface area contributed by atoms with Crippen LogP contribution in [0.3, 0.4) is 0 Å². The van der Waals surface area contributed by atoms with Crippen molar-refractivity contribution in [3.8, 4) is 5.75 Å². The summed E-state index contributed by atoms with van der Waals surface area (Å²) in [4.78, 5) is 10.1. The maximum atomic E-state index is 10.5. The first-order valence-electron chi connectivity index (χ1n) is 5.70. The largest absolute Gasteiger partial charge is 0.495 e. The maximum absolute atomic E-state index is 10.5. The van der Waals surface area contributed by atoms with Gasteiger partial charge in [-0.05, 0) is 24.3 Å². The normalized spacial score (nSPS) is 10.7. The number of non-ortho nitro benzene ring substituents is 1. The molecule has 2 N–H and O–H groups in total. The van der Waals surface area contributed by atoms with Gasteiger partial charge in [0.25, 0.3) is 5.69 Å². The summed E-state index contributed by atoms with van der Waals surface area (Å²) in [5, 5.41) is 18.5. The number of hydrogen-bond acceptors (Lipinski definition) is 6. The van der Waals surface area contributed by atoms with Crippen molar-refractivity contribution in [3.05, 3.63) is 52.6 Å². The Morgan fingerprint density at radius 1 is 1.10 bits per heavy atom. The summed E-state index contributed by atoms with van der Waals surface area (Å²) in [6.07, 6.45) is 0. The van der Waals surface area contributed by atoms with E-state index in [1.807, 2.05) is 0 Å². The first-order chi connectivity index (χ1) is 9.60. The third-order valence-corrected chi connectivity index (χ3v) is 2.56. The average Bonchev–Trinajstić information content (AvgIpc) is 2.46. The predicted octanol–water partition coefficient (Wildman–Crippen LogP) is 3.60. The smallest absolute Gasteiger partial charge is 0.269 e. The fourth-order valence-corrected chi connectivity index (χ4v) is 1.52. The highest BCUT2D eigenvalue weighted by molar-refractivity contribution is 5.59. The fourth-order valence-electron chi connectivity index (χ4n) is 1.52. The van der Waals surface area contributed by atoms with E-state index in [9.17, 15) is 10.1 Å². The van der Waals surface area contributed by atoms with Gasteiger partial charge in [0, 0.05) is 18.2 Å². The first kappa shape index (κ1) is 13.5. The van der Waals surface area contributed by atoms with E-state index in [1.54, 1.807) is 18.2 Å². The van der Waals surface area contributed by atoms with Crippen molar-refractivity contribution < 1.29 is 9.66 Å². The number of nitrogen functional groups attached to an aromatic ring is 1. The number of methoxy groups -OCH3 is 1. The Morgan fingerprint density at radius 3 is 2.30 bits per heavy atom. The molecule has 0 amide bonds. The van der Waals surface area contributed by atoms with Crippen molar-refractivity contribution >= 4 is 22.7 Å². The monoisotopic (exact) mass is 272 g/mol. The lowest BCUT2D eigenvalue weighted by molar-refractivity contribution is -0.384. The number of benzene rings is 2. The molecule has 0 fully saturated rings. The highest BCUT2D eigenvalue weighted by atomic mass is 16.6. The Labute approximate surface area is 114 Å². The summed E-state index contributed by atoms with van der Waals surface area (Å²) in [6.45, 7) is 0. The highest BCUT2D eigenvalue weighted by Gasteiger charge is 2.03. The number of nitrogens with zero attached hydrogens (tertiary/aromatic N) is 3. The Bertz CT molecular complexity index is 653. The van der Waals surface area contributed by atoms with Crippen molar-refractivity contribution in [1.82, 2.24) is 0 Å². The Hall–Kier alpha value is -2.96. The lowest BCUT2D eigenvalue weighted by Gasteiger charge is -2.03. The molecule has 0 saturated carbocycles. The first-order valence-corrected chi connectivity index (χ1v) is 5.70. The van der Waals surface area contributed by atoms with Crippen LogP contribution in [0.4, 0.5) is 22.7 Å². The quantitative estimate of drug-likeness (QED) is 0.397. The second-order valence-corrected chi connectivity index (χ2v) is 3.90. The molecule has 0 spiro atoms. The minimum absolute atomic E-state index is 0.0121. The number of hydrogen-bond donors (Lipinski definition) is 1. The van der Waals surface area contributed by atoms with Gasteiger partial charge in [0.1, 0.15) is 5.75 Å². The number of nitro groups is 1. The molecule has 0 saturated heterocycles. The van der Waals surface area contributed by atoms with Crippen LogP contribution >= 0.6 is 0 Å². The molecule has 0 aliphatic rings. The average molecular weight is 272 g/mol. The zero-order valence-electron chi connectivity index (χ0n) is 10.7. The van der Waals surface area contributed by atoms with E-state index in [1.165, 1.54) is 31.4 Å². The van der Waals surface area contributed by atoms with E-state index >= 15 is 0 Å². The molecule has 102 valence electrons. The van der Waals surface area contributed by atoms with Gasteiger partial charge in [-0.2, -0.15) is 10.2 Å². The third-order valence-electron chi connectivity index (χ3n) is 2.56. The van der Waals surface area contributed by atoms with Crippen LogP contribution in [0.5, 0.6) is 5.75 Å². The van der Waals surface area contributed by atoms with Crippen LogP contribution in [0.25, 0.3) is 0 Å². The molecule has 20 heavy (non-hydrogen) atoms. The van der Waals surface area contributed by atoms with Crippen LogP contribution in [0.15, 0.2) is 52.7 Å². The van der Waals surface area contributed by atoms with Gasteiger partial charge in [-0.15, -0.1) is 0 Å². The number of nitro benzene ring substituents is 1. The maximum Gasteiger partial charge on any atom is 0.269 e. The molecule has 7 nitrogen and oxygen atoms in total. The Kier molecular flexibility index (Phi) is 3.90. The second-order valence-electron chi connectivity index (χ2n) is 3.90. The van der Waals surface area contributed by atoms with Gasteiger partial charge < -0.3 is 10.5 Å².